The highest BCUT2D eigenvalue weighted by molar-refractivity contribution is 7.87. The van der Waals surface area contributed by atoms with Crippen molar-refractivity contribution in [1.29, 1.82) is 0 Å². The first-order valence-corrected chi connectivity index (χ1v) is 5.11. The molecule has 1 atom stereocenters. The minimum absolute atomic E-state index is 2.16. The van der Waals surface area contributed by atoms with Crippen LogP contribution < -0.4 is 0 Å². The van der Waals surface area contributed by atoms with Crippen molar-refractivity contribution in [3.63, 3.8) is 0 Å². The van der Waals surface area contributed by atoms with Gasteiger partial charge in [-0.05, 0) is 0 Å². The maximum absolute atomic E-state index is 12.4. The van der Waals surface area contributed by atoms with Crippen LogP contribution in [0.1, 0.15) is 0 Å². The quantitative estimate of drug-likeness (QED) is 0.571. The van der Waals surface area contributed by atoms with E-state index in [0.29, 0.717) is 0 Å². The number of ether oxygens (including phenoxy) is 1. The van der Waals surface area contributed by atoms with E-state index < -0.39 is 39.9 Å². The molecule has 0 saturated carbocycles. The number of hydrogen-bond acceptors (Lipinski definition) is 4. The van der Waals surface area contributed by atoms with Crippen molar-refractivity contribution in [2.24, 2.45) is 0 Å². The highest BCUT2D eigenvalue weighted by atomic mass is 32.3. The molecule has 0 N–H and O–H groups in total. The molecule has 0 aliphatic heterocycles. The molecule has 0 fully saturated rings. The predicted molar refractivity (Wildman–Crippen MR) is 37.0 cm³/mol. The molecule has 14 heteroatoms. The van der Waals surface area contributed by atoms with Crippen molar-refractivity contribution in [2.75, 3.05) is 0 Å². The molecule has 0 aliphatic carbocycles. The van der Waals surface area contributed by atoms with Gasteiger partial charge < -0.3 is 0 Å². The molecular formula is C5HF9O4S. The molecule has 0 heterocycles. The average Bonchev–Trinajstić information content (AvgIpc) is 2.09. The van der Waals surface area contributed by atoms with Gasteiger partial charge in [0.2, 0.25) is 0 Å². The lowest BCUT2D eigenvalue weighted by Gasteiger charge is -2.28. The Balaban J connectivity index is 5.53. The first-order chi connectivity index (χ1) is 8.04. The predicted octanol–water partition coefficient (Wildman–Crippen LogP) is 1.91. The van der Waals surface area contributed by atoms with E-state index in [4.69, 9.17) is 0 Å². The topological polar surface area (TPSA) is 60.4 Å². The van der Waals surface area contributed by atoms with Crippen molar-refractivity contribution in [2.45, 2.75) is 23.6 Å². The molecular weight excluding hydrogens is 327 g/mol. The molecule has 0 radical (unpaired) electrons. The molecule has 1 unspecified atom stereocenters. The molecule has 0 spiro atoms. The summed E-state index contributed by atoms with van der Waals surface area (Å²) >= 11 is 0. The zero-order valence-electron chi connectivity index (χ0n) is 8.02. The van der Waals surface area contributed by atoms with E-state index in [-0.39, 0.29) is 0 Å². The second-order valence-corrected chi connectivity index (χ2v) is 4.20. The van der Waals surface area contributed by atoms with Crippen LogP contribution in [0.3, 0.4) is 0 Å². The van der Waals surface area contributed by atoms with Crippen LogP contribution in [0.2, 0.25) is 0 Å². The second-order valence-electron chi connectivity index (χ2n) is 2.82. The standard InChI is InChI=1S/C5HF9O4S/c6-1(15)2(19(14,16)17)18-5(12,13)3(7,8)4(9,10)11/h2H. The van der Waals surface area contributed by atoms with Gasteiger partial charge in [0.05, 0.1) is 0 Å². The molecule has 0 amide bonds. The van der Waals surface area contributed by atoms with E-state index in [1.54, 1.807) is 0 Å². The number of alkyl halides is 7. The third-order valence-electron chi connectivity index (χ3n) is 1.42. The number of hydrogen-bond donors (Lipinski definition) is 0. The first-order valence-electron chi connectivity index (χ1n) is 3.67. The number of rotatable bonds is 5. The lowest BCUT2D eigenvalue weighted by atomic mass is 10.3. The molecule has 0 aromatic heterocycles. The molecule has 0 rings (SSSR count). The Labute approximate surface area is 97.9 Å². The lowest BCUT2D eigenvalue weighted by molar-refractivity contribution is -0.425. The summed E-state index contributed by atoms with van der Waals surface area (Å²) in [5, 5.41) is 0. The third kappa shape index (κ3) is 3.71. The lowest BCUT2D eigenvalue weighted by Crippen LogP contribution is -2.55. The monoisotopic (exact) mass is 328 g/mol. The molecule has 0 aromatic carbocycles. The zero-order chi connectivity index (χ0) is 15.9. The largest absolute Gasteiger partial charge is 0.462 e. The van der Waals surface area contributed by atoms with Gasteiger partial charge in [-0.15, -0.1) is 3.89 Å². The summed E-state index contributed by atoms with van der Waals surface area (Å²) in [5.74, 6) is -6.99. The maximum Gasteiger partial charge on any atom is 0.462 e. The Bertz CT molecular complexity index is 452. The Morgan fingerprint density at radius 3 is 1.58 bits per heavy atom. The van der Waals surface area contributed by atoms with Gasteiger partial charge in [0.15, 0.2) is 0 Å². The van der Waals surface area contributed by atoms with Crippen molar-refractivity contribution >= 4 is 16.3 Å². The third-order valence-corrected chi connectivity index (χ3v) is 2.21. The van der Waals surface area contributed by atoms with Crippen molar-refractivity contribution < 1.29 is 57.0 Å². The molecule has 4 nitrogen and oxygen atoms in total. The van der Waals surface area contributed by atoms with Crippen LogP contribution in [-0.2, 0) is 19.8 Å². The van der Waals surface area contributed by atoms with E-state index in [1.807, 2.05) is 0 Å². The van der Waals surface area contributed by atoms with Gasteiger partial charge in [0.1, 0.15) is 0 Å². The summed E-state index contributed by atoms with van der Waals surface area (Å²) in [6.07, 6.45) is -13.6. The average molecular weight is 328 g/mol. The summed E-state index contributed by atoms with van der Waals surface area (Å²) in [6, 6.07) is -3.54. The van der Waals surface area contributed by atoms with Gasteiger partial charge in [-0.3, -0.25) is 9.53 Å². The Hall–Kier alpha value is -1.05. The van der Waals surface area contributed by atoms with E-state index >= 15 is 0 Å². The highest BCUT2D eigenvalue weighted by Crippen LogP contribution is 2.47. The van der Waals surface area contributed by atoms with Gasteiger partial charge in [0.25, 0.3) is 5.44 Å². The van der Waals surface area contributed by atoms with E-state index in [9.17, 15) is 52.2 Å². The fourth-order valence-corrected chi connectivity index (χ4v) is 1.05. The summed E-state index contributed by atoms with van der Waals surface area (Å²) in [6.45, 7) is 0. The smallest absolute Gasteiger partial charge is 0.282 e. The normalized spacial score (nSPS) is 16.3. The van der Waals surface area contributed by atoms with Gasteiger partial charge >= 0.3 is 34.5 Å². The Morgan fingerprint density at radius 2 is 1.37 bits per heavy atom. The van der Waals surface area contributed by atoms with Gasteiger partial charge in [-0.2, -0.15) is 43.5 Å². The number of carbonyl (C=O) groups excluding carboxylic acids is 1. The van der Waals surface area contributed by atoms with Crippen molar-refractivity contribution in [3.8, 4) is 0 Å². The van der Waals surface area contributed by atoms with Crippen LogP contribution in [0.5, 0.6) is 0 Å². The Morgan fingerprint density at radius 1 is 1.00 bits per heavy atom. The van der Waals surface area contributed by atoms with Crippen LogP contribution in [0.15, 0.2) is 0 Å². The second kappa shape index (κ2) is 4.81. The molecule has 19 heavy (non-hydrogen) atoms. The van der Waals surface area contributed by atoms with Gasteiger partial charge in [-0.25, -0.2) is 0 Å². The number of carbonyl (C=O) groups is 1. The molecule has 0 aromatic rings. The zero-order valence-corrected chi connectivity index (χ0v) is 8.84. The number of halogens is 9. The maximum atomic E-state index is 12.4. The minimum Gasteiger partial charge on any atom is -0.282 e. The highest BCUT2D eigenvalue weighted by Gasteiger charge is 2.75. The SMILES string of the molecule is O=C(F)C(OC(F)(F)C(F)(F)C(F)(F)F)S(=O)(=O)F. The van der Waals surface area contributed by atoms with E-state index in [1.165, 1.54) is 0 Å². The van der Waals surface area contributed by atoms with Crippen LogP contribution >= 0.6 is 0 Å². The summed E-state index contributed by atoms with van der Waals surface area (Å²) in [4.78, 5) is 9.77. The molecule has 0 aliphatic rings. The van der Waals surface area contributed by atoms with Crippen LogP contribution in [-0.4, -0.2) is 38.1 Å². The van der Waals surface area contributed by atoms with Crippen LogP contribution in [0.4, 0.5) is 39.0 Å². The Kier molecular flexibility index (Phi) is 4.54. The summed E-state index contributed by atoms with van der Waals surface area (Å²) < 4.78 is 130. The van der Waals surface area contributed by atoms with Crippen molar-refractivity contribution in [3.05, 3.63) is 0 Å². The van der Waals surface area contributed by atoms with E-state index in [2.05, 4.69) is 4.74 Å². The van der Waals surface area contributed by atoms with Crippen LogP contribution in [0, 0.1) is 0 Å². The summed E-state index contributed by atoms with van der Waals surface area (Å²) in [5.41, 5.74) is -4.46. The van der Waals surface area contributed by atoms with Gasteiger partial charge in [-0.1, -0.05) is 0 Å². The summed E-state index contributed by atoms with van der Waals surface area (Å²) in [7, 11) is -6.63. The van der Waals surface area contributed by atoms with Gasteiger partial charge in [0, 0.05) is 0 Å². The fraction of sp³-hybridized carbons (Fsp3) is 0.800. The van der Waals surface area contributed by atoms with Crippen LogP contribution in [0.25, 0.3) is 0 Å². The van der Waals surface area contributed by atoms with E-state index in [0.717, 1.165) is 0 Å². The minimum atomic E-state index is -6.99. The fourth-order valence-electron chi connectivity index (χ4n) is 0.588. The molecule has 114 valence electrons. The molecule has 0 saturated heterocycles. The first kappa shape index (κ1) is 17.9. The molecule has 0 bridgehead atoms. The van der Waals surface area contributed by atoms with Crippen molar-refractivity contribution in [1.82, 2.24) is 0 Å².